The van der Waals surface area contributed by atoms with Crippen molar-refractivity contribution in [3.8, 4) is 0 Å². The summed E-state index contributed by atoms with van der Waals surface area (Å²) in [5, 5.41) is 12.6. The Balaban J connectivity index is 1.91. The zero-order valence-corrected chi connectivity index (χ0v) is 10.1. The van der Waals surface area contributed by atoms with Crippen molar-refractivity contribution in [2.45, 2.75) is 24.6 Å². The molecule has 0 spiro atoms. The molecule has 1 aromatic heterocycles. The van der Waals surface area contributed by atoms with Gasteiger partial charge < -0.3 is 5.32 Å². The van der Waals surface area contributed by atoms with Crippen molar-refractivity contribution in [1.29, 1.82) is 0 Å². The lowest BCUT2D eigenvalue weighted by Gasteiger charge is -2.18. The molecule has 2 aromatic rings. The molecule has 1 fully saturated rings. The van der Waals surface area contributed by atoms with Crippen LogP contribution in [0, 0.1) is 0 Å². The quantitative estimate of drug-likeness (QED) is 0.838. The average molecular weight is 233 g/mol. The Kier molecular flexibility index (Phi) is 2.52. The van der Waals surface area contributed by atoms with E-state index in [1.165, 1.54) is 23.2 Å². The van der Waals surface area contributed by atoms with Crippen LogP contribution in [0.2, 0.25) is 0 Å². The molecule has 0 amide bonds. The van der Waals surface area contributed by atoms with E-state index < -0.39 is 0 Å². The molecule has 2 N–H and O–H groups in total. The predicted molar refractivity (Wildman–Crippen MR) is 70.0 cm³/mol. The molecule has 2 unspecified atom stereocenters. The molecular formula is C12H15N3S. The minimum Gasteiger partial charge on any atom is -0.379 e. The number of hydrogen-bond acceptors (Lipinski definition) is 3. The van der Waals surface area contributed by atoms with Crippen LogP contribution in [-0.2, 0) is 0 Å². The van der Waals surface area contributed by atoms with Gasteiger partial charge in [-0.1, -0.05) is 19.1 Å². The van der Waals surface area contributed by atoms with Crippen LogP contribution in [0.1, 0.15) is 13.3 Å². The van der Waals surface area contributed by atoms with E-state index in [2.05, 4.69) is 40.6 Å². The first-order valence-corrected chi connectivity index (χ1v) is 6.70. The molecule has 0 bridgehead atoms. The summed E-state index contributed by atoms with van der Waals surface area (Å²) in [6, 6.07) is 6.86. The second-order valence-corrected chi connectivity index (χ2v) is 5.74. The van der Waals surface area contributed by atoms with E-state index in [9.17, 15) is 0 Å². The number of H-pyrrole nitrogens is 1. The Morgan fingerprint density at radius 2 is 2.44 bits per heavy atom. The summed E-state index contributed by atoms with van der Waals surface area (Å²) in [5.74, 6) is 1.26. The summed E-state index contributed by atoms with van der Waals surface area (Å²) in [6.45, 7) is 2.29. The second kappa shape index (κ2) is 4.01. The number of aromatic amines is 1. The molecular weight excluding hydrogens is 218 g/mol. The molecule has 1 aromatic carbocycles. The highest BCUT2D eigenvalue weighted by molar-refractivity contribution is 8.00. The predicted octanol–water partition coefficient (Wildman–Crippen LogP) is 2.87. The maximum Gasteiger partial charge on any atom is 0.0881 e. The number of aromatic nitrogens is 2. The lowest BCUT2D eigenvalue weighted by atomic mass is 10.1. The molecule has 3 rings (SSSR count). The van der Waals surface area contributed by atoms with Crippen molar-refractivity contribution < 1.29 is 0 Å². The van der Waals surface area contributed by atoms with Crippen LogP contribution in [0.4, 0.5) is 5.69 Å². The summed E-state index contributed by atoms with van der Waals surface area (Å²) in [5.41, 5.74) is 2.29. The normalized spacial score (nSPS) is 25.1. The van der Waals surface area contributed by atoms with Gasteiger partial charge in [0.2, 0.25) is 0 Å². The zero-order valence-electron chi connectivity index (χ0n) is 9.23. The van der Waals surface area contributed by atoms with Crippen molar-refractivity contribution in [3.63, 3.8) is 0 Å². The van der Waals surface area contributed by atoms with E-state index in [1.54, 1.807) is 0 Å². The second-order valence-electron chi connectivity index (χ2n) is 4.26. The smallest absolute Gasteiger partial charge is 0.0881 e. The van der Waals surface area contributed by atoms with Crippen LogP contribution in [0.3, 0.4) is 0 Å². The van der Waals surface area contributed by atoms with Gasteiger partial charge in [0.1, 0.15) is 0 Å². The van der Waals surface area contributed by atoms with Crippen LogP contribution < -0.4 is 5.32 Å². The molecule has 3 nitrogen and oxygen atoms in total. The fraction of sp³-hybridized carbons (Fsp3) is 0.417. The monoisotopic (exact) mass is 233 g/mol. The van der Waals surface area contributed by atoms with E-state index in [0.29, 0.717) is 11.3 Å². The van der Waals surface area contributed by atoms with Crippen molar-refractivity contribution in [2.24, 2.45) is 0 Å². The van der Waals surface area contributed by atoms with Crippen molar-refractivity contribution >= 4 is 28.4 Å². The topological polar surface area (TPSA) is 40.7 Å². The third kappa shape index (κ3) is 1.67. The molecule has 0 aliphatic carbocycles. The van der Waals surface area contributed by atoms with Gasteiger partial charge >= 0.3 is 0 Å². The third-order valence-electron chi connectivity index (χ3n) is 3.19. The SMILES string of the molecule is CC1SCCC1Nc1cccc2cn[nH]c12. The van der Waals surface area contributed by atoms with Gasteiger partial charge in [-0.05, 0) is 18.2 Å². The minimum absolute atomic E-state index is 0.582. The Labute approximate surface area is 99.0 Å². The van der Waals surface area contributed by atoms with E-state index >= 15 is 0 Å². The van der Waals surface area contributed by atoms with Gasteiger partial charge in [-0.25, -0.2) is 0 Å². The van der Waals surface area contributed by atoms with Crippen molar-refractivity contribution in [2.75, 3.05) is 11.1 Å². The number of benzene rings is 1. The molecule has 84 valence electrons. The Morgan fingerprint density at radius 3 is 3.25 bits per heavy atom. The van der Waals surface area contributed by atoms with Gasteiger partial charge in [0.05, 0.1) is 17.4 Å². The van der Waals surface area contributed by atoms with Crippen LogP contribution in [-0.4, -0.2) is 27.2 Å². The number of thioether (sulfide) groups is 1. The lowest BCUT2D eigenvalue weighted by molar-refractivity contribution is 0.725. The average Bonchev–Trinajstić information content (AvgIpc) is 2.89. The highest BCUT2D eigenvalue weighted by Crippen LogP contribution is 2.30. The lowest BCUT2D eigenvalue weighted by Crippen LogP contribution is -2.24. The maximum atomic E-state index is 4.09. The standard InChI is InChI=1S/C12H15N3S/c1-8-10(5-6-16-8)14-11-4-2-3-9-7-13-15-12(9)11/h2-4,7-8,10,14H,5-6H2,1H3,(H,13,15). The first-order chi connectivity index (χ1) is 7.84. The molecule has 1 aliphatic rings. The van der Waals surface area contributed by atoms with Crippen LogP contribution in [0.5, 0.6) is 0 Å². The molecule has 16 heavy (non-hydrogen) atoms. The van der Waals surface area contributed by atoms with Gasteiger partial charge in [-0.3, -0.25) is 5.10 Å². The highest BCUT2D eigenvalue weighted by atomic mass is 32.2. The zero-order chi connectivity index (χ0) is 11.0. The third-order valence-corrected chi connectivity index (χ3v) is 4.52. The van der Waals surface area contributed by atoms with Crippen molar-refractivity contribution in [1.82, 2.24) is 10.2 Å². The van der Waals surface area contributed by atoms with Gasteiger partial charge in [-0.15, -0.1) is 0 Å². The summed E-state index contributed by atoms with van der Waals surface area (Å²) in [6.07, 6.45) is 3.11. The van der Waals surface area contributed by atoms with Gasteiger partial charge in [0.25, 0.3) is 0 Å². The molecule has 0 radical (unpaired) electrons. The molecule has 0 saturated carbocycles. The molecule has 1 saturated heterocycles. The first-order valence-electron chi connectivity index (χ1n) is 5.65. The molecule has 2 atom stereocenters. The highest BCUT2D eigenvalue weighted by Gasteiger charge is 2.24. The Morgan fingerprint density at radius 1 is 1.50 bits per heavy atom. The molecule has 1 aliphatic heterocycles. The number of nitrogens with one attached hydrogen (secondary N) is 2. The van der Waals surface area contributed by atoms with Gasteiger partial charge in [0.15, 0.2) is 0 Å². The summed E-state index contributed by atoms with van der Waals surface area (Å²) in [4.78, 5) is 0. The number of fused-ring (bicyclic) bond motifs is 1. The van der Waals surface area contributed by atoms with Gasteiger partial charge in [-0.2, -0.15) is 16.9 Å². The Bertz CT molecular complexity index is 494. The number of anilines is 1. The molecule has 4 heteroatoms. The fourth-order valence-electron chi connectivity index (χ4n) is 2.21. The summed E-state index contributed by atoms with van der Waals surface area (Å²) < 4.78 is 0. The number of nitrogens with zero attached hydrogens (tertiary/aromatic N) is 1. The van der Waals surface area contributed by atoms with E-state index in [-0.39, 0.29) is 0 Å². The minimum atomic E-state index is 0.582. The number of rotatable bonds is 2. The van der Waals surface area contributed by atoms with Gasteiger partial charge in [0, 0.05) is 16.7 Å². The summed E-state index contributed by atoms with van der Waals surface area (Å²) in [7, 11) is 0. The van der Waals surface area contributed by atoms with E-state index in [1.807, 2.05) is 18.0 Å². The first kappa shape index (κ1) is 10.0. The van der Waals surface area contributed by atoms with Crippen LogP contribution in [0.15, 0.2) is 24.4 Å². The van der Waals surface area contributed by atoms with E-state index in [0.717, 1.165) is 5.52 Å². The molecule has 2 heterocycles. The van der Waals surface area contributed by atoms with Crippen molar-refractivity contribution in [3.05, 3.63) is 24.4 Å². The maximum absolute atomic E-state index is 4.09. The van der Waals surface area contributed by atoms with Crippen LogP contribution >= 0.6 is 11.8 Å². The summed E-state index contributed by atoms with van der Waals surface area (Å²) >= 11 is 2.04. The number of hydrogen-bond donors (Lipinski definition) is 2. The number of para-hydroxylation sites is 1. The van der Waals surface area contributed by atoms with Crippen LogP contribution in [0.25, 0.3) is 10.9 Å². The largest absolute Gasteiger partial charge is 0.379 e. The van der Waals surface area contributed by atoms with E-state index in [4.69, 9.17) is 0 Å². The fourth-order valence-corrected chi connectivity index (χ4v) is 3.41. The Hall–Kier alpha value is -1.16.